The van der Waals surface area contributed by atoms with E-state index in [9.17, 15) is 4.79 Å². The third-order valence-corrected chi connectivity index (χ3v) is 6.63. The molecule has 2 heterocycles. The molecule has 0 saturated carbocycles. The molecule has 2 fully saturated rings. The molecule has 1 N–H and O–H groups in total. The SMILES string of the molecule is C[C@@H]1S[C@H](c2ccc(Cl)c(Cl)c2)N(CC[NH+]2CCCC2)C1=O. The van der Waals surface area contributed by atoms with E-state index in [0.29, 0.717) is 10.0 Å². The van der Waals surface area contributed by atoms with Crippen LogP contribution in [0.4, 0.5) is 0 Å². The van der Waals surface area contributed by atoms with Crippen molar-refractivity contribution in [3.8, 4) is 0 Å². The van der Waals surface area contributed by atoms with Crippen LogP contribution in [0.3, 0.4) is 0 Å². The summed E-state index contributed by atoms with van der Waals surface area (Å²) < 4.78 is 0. The Morgan fingerprint density at radius 3 is 2.68 bits per heavy atom. The van der Waals surface area contributed by atoms with Crippen molar-refractivity contribution in [3.63, 3.8) is 0 Å². The number of hydrogen-bond donors (Lipinski definition) is 1. The van der Waals surface area contributed by atoms with Crippen LogP contribution in [0.25, 0.3) is 0 Å². The number of quaternary nitrogens is 1. The fourth-order valence-corrected chi connectivity index (χ4v) is 4.83. The Balaban J connectivity index is 1.75. The van der Waals surface area contributed by atoms with Gasteiger partial charge in [-0.3, -0.25) is 4.79 Å². The standard InChI is InChI=1S/C16H20Cl2N2OS/c1-11-15(21)20(9-8-19-6-2-3-7-19)16(22-11)12-4-5-13(17)14(18)10-12/h4-5,10-11,16H,2-3,6-9H2,1H3/p+1/t11-,16+/m0/s1. The Kier molecular flexibility index (Phi) is 5.23. The van der Waals surface area contributed by atoms with Crippen LogP contribution in [0.5, 0.6) is 0 Å². The van der Waals surface area contributed by atoms with Crippen LogP contribution in [0.2, 0.25) is 10.0 Å². The number of benzene rings is 1. The molecule has 120 valence electrons. The van der Waals surface area contributed by atoms with Gasteiger partial charge in [-0.15, -0.1) is 11.8 Å². The highest BCUT2D eigenvalue weighted by atomic mass is 35.5. The second-order valence-electron chi connectivity index (χ2n) is 6.04. The maximum absolute atomic E-state index is 12.5. The van der Waals surface area contributed by atoms with Gasteiger partial charge in [-0.1, -0.05) is 29.3 Å². The number of halogens is 2. The number of likely N-dealkylation sites (tertiary alicyclic amines) is 1. The normalized spacial score (nSPS) is 26.1. The topological polar surface area (TPSA) is 24.8 Å². The minimum atomic E-state index is 0.00744. The van der Waals surface area contributed by atoms with E-state index in [-0.39, 0.29) is 16.5 Å². The number of nitrogens with zero attached hydrogens (tertiary/aromatic N) is 1. The minimum Gasteiger partial charge on any atom is -0.333 e. The number of nitrogens with one attached hydrogen (secondary N) is 1. The van der Waals surface area contributed by atoms with E-state index < -0.39 is 0 Å². The molecule has 0 spiro atoms. The molecule has 6 heteroatoms. The summed E-state index contributed by atoms with van der Waals surface area (Å²) in [4.78, 5) is 16.1. The molecule has 0 radical (unpaired) electrons. The predicted molar refractivity (Wildman–Crippen MR) is 92.8 cm³/mol. The summed E-state index contributed by atoms with van der Waals surface area (Å²) in [6.07, 6.45) is 2.62. The highest BCUT2D eigenvalue weighted by molar-refractivity contribution is 8.01. The molecule has 0 bridgehead atoms. The molecule has 1 amide bonds. The van der Waals surface area contributed by atoms with Gasteiger partial charge in [0.05, 0.1) is 41.5 Å². The molecule has 1 aromatic carbocycles. The zero-order valence-corrected chi connectivity index (χ0v) is 15.0. The Morgan fingerprint density at radius 2 is 2.00 bits per heavy atom. The van der Waals surface area contributed by atoms with E-state index >= 15 is 0 Å². The summed E-state index contributed by atoms with van der Waals surface area (Å²) in [7, 11) is 0. The molecule has 2 aliphatic rings. The van der Waals surface area contributed by atoms with Crippen LogP contribution >= 0.6 is 35.0 Å². The quantitative estimate of drug-likeness (QED) is 0.893. The van der Waals surface area contributed by atoms with Crippen molar-refractivity contribution in [2.24, 2.45) is 0 Å². The lowest BCUT2D eigenvalue weighted by Gasteiger charge is -2.25. The summed E-state index contributed by atoms with van der Waals surface area (Å²) in [5, 5.41) is 1.17. The van der Waals surface area contributed by atoms with Gasteiger partial charge >= 0.3 is 0 Å². The number of carbonyl (C=O) groups excluding carboxylic acids is 1. The largest absolute Gasteiger partial charge is 0.333 e. The van der Waals surface area contributed by atoms with Gasteiger partial charge in [0.1, 0.15) is 5.37 Å². The van der Waals surface area contributed by atoms with E-state index in [4.69, 9.17) is 23.2 Å². The predicted octanol–water partition coefficient (Wildman–Crippen LogP) is 2.63. The van der Waals surface area contributed by atoms with Crippen molar-refractivity contribution in [2.75, 3.05) is 26.2 Å². The number of thioether (sulfide) groups is 1. The zero-order valence-electron chi connectivity index (χ0n) is 12.6. The summed E-state index contributed by atoms with van der Waals surface area (Å²) in [6.45, 7) is 6.32. The number of amides is 1. The maximum atomic E-state index is 12.5. The molecule has 2 saturated heterocycles. The van der Waals surface area contributed by atoms with Crippen LogP contribution in [0.1, 0.15) is 30.7 Å². The van der Waals surface area contributed by atoms with Crippen molar-refractivity contribution < 1.29 is 9.69 Å². The first-order valence-corrected chi connectivity index (χ1v) is 9.50. The zero-order chi connectivity index (χ0) is 15.7. The molecule has 3 nitrogen and oxygen atoms in total. The molecule has 1 aromatic rings. The van der Waals surface area contributed by atoms with Crippen molar-refractivity contribution in [1.82, 2.24) is 4.90 Å². The van der Waals surface area contributed by atoms with E-state index in [0.717, 1.165) is 18.7 Å². The lowest BCUT2D eigenvalue weighted by Crippen LogP contribution is -3.10. The van der Waals surface area contributed by atoms with Crippen molar-refractivity contribution in [1.29, 1.82) is 0 Å². The first-order chi connectivity index (χ1) is 10.6. The van der Waals surface area contributed by atoms with Crippen LogP contribution in [0.15, 0.2) is 18.2 Å². The summed E-state index contributed by atoms with van der Waals surface area (Å²) >= 11 is 13.8. The molecule has 2 atom stereocenters. The number of carbonyl (C=O) groups is 1. The Morgan fingerprint density at radius 1 is 1.27 bits per heavy atom. The molecule has 0 aliphatic carbocycles. The average Bonchev–Trinajstić information content (AvgIpc) is 3.10. The summed E-state index contributed by atoms with van der Waals surface area (Å²) in [6, 6.07) is 5.69. The third kappa shape index (κ3) is 3.40. The molecule has 0 unspecified atom stereocenters. The molecule has 2 aliphatic heterocycles. The van der Waals surface area contributed by atoms with Gasteiger partial charge in [0, 0.05) is 12.8 Å². The number of hydrogen-bond acceptors (Lipinski definition) is 2. The van der Waals surface area contributed by atoms with Crippen molar-refractivity contribution in [3.05, 3.63) is 33.8 Å². The van der Waals surface area contributed by atoms with Gasteiger partial charge in [0.15, 0.2) is 0 Å². The highest BCUT2D eigenvalue weighted by Gasteiger charge is 2.39. The Labute approximate surface area is 145 Å². The Bertz CT molecular complexity index is 563. The summed E-state index contributed by atoms with van der Waals surface area (Å²) in [5.74, 6) is 0.236. The number of rotatable bonds is 4. The lowest BCUT2D eigenvalue weighted by atomic mass is 10.2. The van der Waals surface area contributed by atoms with Gasteiger partial charge in [-0.2, -0.15) is 0 Å². The second-order valence-corrected chi connectivity index (χ2v) is 8.28. The molecular weight excluding hydrogens is 339 g/mol. The first kappa shape index (κ1) is 16.4. The van der Waals surface area contributed by atoms with Gasteiger partial charge in [0.25, 0.3) is 0 Å². The highest BCUT2D eigenvalue weighted by Crippen LogP contribution is 2.43. The van der Waals surface area contributed by atoms with Gasteiger partial charge in [-0.25, -0.2) is 0 Å². The third-order valence-electron chi connectivity index (χ3n) is 4.49. The lowest BCUT2D eigenvalue weighted by molar-refractivity contribution is -0.886. The smallest absolute Gasteiger partial charge is 0.236 e. The monoisotopic (exact) mass is 359 g/mol. The fraction of sp³-hybridized carbons (Fsp3) is 0.562. The molecule has 0 aromatic heterocycles. The Hall–Kier alpha value is -0.420. The molecule has 3 rings (SSSR count). The average molecular weight is 360 g/mol. The van der Waals surface area contributed by atoms with E-state index in [1.807, 2.05) is 30.0 Å². The van der Waals surface area contributed by atoms with Crippen LogP contribution in [-0.4, -0.2) is 42.2 Å². The maximum Gasteiger partial charge on any atom is 0.236 e. The molecule has 22 heavy (non-hydrogen) atoms. The van der Waals surface area contributed by atoms with E-state index in [1.165, 1.54) is 25.9 Å². The van der Waals surface area contributed by atoms with E-state index in [2.05, 4.69) is 0 Å². The molecular formula is C16H21Cl2N2OS+. The van der Waals surface area contributed by atoms with Crippen LogP contribution in [0, 0.1) is 0 Å². The fourth-order valence-electron chi connectivity index (χ4n) is 3.23. The first-order valence-electron chi connectivity index (χ1n) is 7.80. The van der Waals surface area contributed by atoms with Crippen LogP contribution < -0.4 is 4.90 Å². The second kappa shape index (κ2) is 7.00. The van der Waals surface area contributed by atoms with Crippen molar-refractivity contribution >= 4 is 40.9 Å². The van der Waals surface area contributed by atoms with Gasteiger partial charge in [-0.05, 0) is 24.6 Å². The minimum absolute atomic E-state index is 0.00744. The van der Waals surface area contributed by atoms with E-state index in [1.54, 1.807) is 16.7 Å². The summed E-state index contributed by atoms with van der Waals surface area (Å²) in [5.41, 5.74) is 1.06. The van der Waals surface area contributed by atoms with Gasteiger partial charge < -0.3 is 9.80 Å². The van der Waals surface area contributed by atoms with Gasteiger partial charge in [0.2, 0.25) is 5.91 Å². The van der Waals surface area contributed by atoms with Crippen LogP contribution in [-0.2, 0) is 4.79 Å². The van der Waals surface area contributed by atoms with Crippen molar-refractivity contribution in [2.45, 2.75) is 30.4 Å².